The molecule has 0 aliphatic carbocycles. The number of nitrogens with two attached hydrogens (primary N) is 1. The Balaban J connectivity index is 2.34. The number of benzene rings is 1. The molecule has 17 heavy (non-hydrogen) atoms. The summed E-state index contributed by atoms with van der Waals surface area (Å²) >= 11 is 5.88. The molecule has 0 fully saturated rings. The van der Waals surface area contributed by atoms with Crippen molar-refractivity contribution in [2.45, 2.75) is 0 Å². The summed E-state index contributed by atoms with van der Waals surface area (Å²) in [5.41, 5.74) is 7.34. The zero-order chi connectivity index (χ0) is 12.4. The van der Waals surface area contributed by atoms with Crippen LogP contribution in [0, 0.1) is 0 Å². The number of nitrogens with one attached hydrogen (secondary N) is 1. The van der Waals surface area contributed by atoms with Gasteiger partial charge in [0.2, 0.25) is 0 Å². The monoisotopic (exact) mass is 250 g/mol. The highest BCUT2D eigenvalue weighted by atomic mass is 35.5. The molecule has 3 N–H and O–H groups in total. The van der Waals surface area contributed by atoms with Crippen LogP contribution in [0.4, 0.5) is 11.4 Å². The number of nitrogen functional groups attached to an aromatic ring is 1. The summed E-state index contributed by atoms with van der Waals surface area (Å²) in [6.45, 7) is 0. The van der Waals surface area contributed by atoms with Gasteiger partial charge in [-0.1, -0.05) is 11.6 Å². The summed E-state index contributed by atoms with van der Waals surface area (Å²) in [5.74, 6) is -0.201. The molecule has 88 valence electrons. The third-order valence-corrected chi connectivity index (χ3v) is 2.64. The predicted octanol–water partition coefficient (Wildman–Crippen LogP) is 1.92. The number of aromatic amines is 1. The first-order chi connectivity index (χ1) is 8.09. The summed E-state index contributed by atoms with van der Waals surface area (Å²) < 4.78 is 0. The van der Waals surface area contributed by atoms with Gasteiger partial charge >= 0.3 is 0 Å². The average molecular weight is 251 g/mol. The fraction of sp³-hybridized carbons (Fsp3) is 0.0909. The largest absolute Gasteiger partial charge is 0.397 e. The zero-order valence-corrected chi connectivity index (χ0v) is 9.90. The van der Waals surface area contributed by atoms with Crippen LogP contribution in [0.3, 0.4) is 0 Å². The van der Waals surface area contributed by atoms with Crippen molar-refractivity contribution in [1.82, 2.24) is 10.2 Å². The molecule has 0 saturated heterocycles. The van der Waals surface area contributed by atoms with E-state index in [9.17, 15) is 4.79 Å². The van der Waals surface area contributed by atoms with Gasteiger partial charge in [0.1, 0.15) is 0 Å². The fourth-order valence-corrected chi connectivity index (χ4v) is 1.64. The quantitative estimate of drug-likeness (QED) is 0.800. The highest BCUT2D eigenvalue weighted by Gasteiger charge is 2.16. The molecule has 1 heterocycles. The molecule has 0 radical (unpaired) electrons. The van der Waals surface area contributed by atoms with E-state index in [4.69, 9.17) is 17.3 Å². The first kappa shape index (κ1) is 11.5. The van der Waals surface area contributed by atoms with Crippen LogP contribution in [0.2, 0.25) is 5.02 Å². The number of anilines is 2. The van der Waals surface area contributed by atoms with Crippen LogP contribution in [0.5, 0.6) is 0 Å². The minimum absolute atomic E-state index is 0.201. The Morgan fingerprint density at radius 1 is 1.53 bits per heavy atom. The van der Waals surface area contributed by atoms with E-state index in [1.807, 2.05) is 0 Å². The van der Waals surface area contributed by atoms with Crippen molar-refractivity contribution < 1.29 is 4.79 Å². The Morgan fingerprint density at radius 3 is 2.94 bits per heavy atom. The molecule has 5 nitrogen and oxygen atoms in total. The SMILES string of the molecule is CN(C(=O)c1cn[nH]c1)c1cc(Cl)ccc1N. The second-order valence-corrected chi connectivity index (χ2v) is 3.99. The first-order valence-corrected chi connectivity index (χ1v) is 5.29. The molecule has 0 atom stereocenters. The van der Waals surface area contributed by atoms with E-state index in [2.05, 4.69) is 10.2 Å². The van der Waals surface area contributed by atoms with Crippen molar-refractivity contribution in [2.75, 3.05) is 17.7 Å². The second kappa shape index (κ2) is 4.47. The summed E-state index contributed by atoms with van der Waals surface area (Å²) in [6, 6.07) is 4.99. The van der Waals surface area contributed by atoms with E-state index in [1.165, 1.54) is 17.3 Å². The number of amides is 1. The number of carbonyl (C=O) groups excluding carboxylic acids is 1. The number of hydrogen-bond acceptors (Lipinski definition) is 3. The van der Waals surface area contributed by atoms with Crippen LogP contribution in [-0.4, -0.2) is 23.2 Å². The minimum atomic E-state index is -0.201. The molecule has 0 saturated carbocycles. The summed E-state index contributed by atoms with van der Waals surface area (Å²) in [6.07, 6.45) is 2.99. The Bertz CT molecular complexity index is 538. The summed E-state index contributed by atoms with van der Waals surface area (Å²) in [4.78, 5) is 13.5. The lowest BCUT2D eigenvalue weighted by atomic mass is 10.2. The van der Waals surface area contributed by atoms with Gasteiger partial charge in [0.15, 0.2) is 0 Å². The smallest absolute Gasteiger partial charge is 0.261 e. The van der Waals surface area contributed by atoms with Gasteiger partial charge in [-0.2, -0.15) is 5.10 Å². The van der Waals surface area contributed by atoms with Crippen molar-refractivity contribution in [3.05, 3.63) is 41.2 Å². The van der Waals surface area contributed by atoms with E-state index in [0.29, 0.717) is 22.0 Å². The van der Waals surface area contributed by atoms with E-state index >= 15 is 0 Å². The van der Waals surface area contributed by atoms with Crippen LogP contribution in [0.15, 0.2) is 30.6 Å². The van der Waals surface area contributed by atoms with Crippen molar-refractivity contribution in [3.8, 4) is 0 Å². The van der Waals surface area contributed by atoms with Crippen molar-refractivity contribution in [2.24, 2.45) is 0 Å². The number of H-pyrrole nitrogens is 1. The highest BCUT2D eigenvalue weighted by Crippen LogP contribution is 2.26. The standard InChI is InChI=1S/C11H11ClN4O/c1-16(11(17)7-5-14-15-6-7)10-4-8(12)2-3-9(10)13/h2-6H,13H2,1H3,(H,14,15). The van der Waals surface area contributed by atoms with Crippen LogP contribution >= 0.6 is 11.6 Å². The van der Waals surface area contributed by atoms with Gasteiger partial charge in [-0.3, -0.25) is 9.89 Å². The number of halogens is 1. The van der Waals surface area contributed by atoms with E-state index in [-0.39, 0.29) is 5.91 Å². The van der Waals surface area contributed by atoms with Gasteiger partial charge in [0.25, 0.3) is 5.91 Å². The average Bonchev–Trinajstić information content (AvgIpc) is 2.84. The number of aromatic nitrogens is 2. The minimum Gasteiger partial charge on any atom is -0.397 e. The maximum atomic E-state index is 12.0. The Kier molecular flexibility index (Phi) is 3.01. The molecule has 2 aromatic rings. The van der Waals surface area contributed by atoms with Crippen LogP contribution in [0.1, 0.15) is 10.4 Å². The zero-order valence-electron chi connectivity index (χ0n) is 9.14. The molecule has 1 aromatic carbocycles. The topological polar surface area (TPSA) is 75.0 Å². The van der Waals surface area contributed by atoms with Gasteiger partial charge in [-0.25, -0.2) is 0 Å². The third kappa shape index (κ3) is 2.24. The van der Waals surface area contributed by atoms with E-state index < -0.39 is 0 Å². The number of hydrogen-bond donors (Lipinski definition) is 2. The third-order valence-electron chi connectivity index (χ3n) is 2.40. The molecule has 1 aromatic heterocycles. The summed E-state index contributed by atoms with van der Waals surface area (Å²) in [5, 5.41) is 6.85. The Labute approximate surface area is 103 Å². The lowest BCUT2D eigenvalue weighted by Gasteiger charge is -2.18. The van der Waals surface area contributed by atoms with Crippen LogP contribution in [-0.2, 0) is 0 Å². The van der Waals surface area contributed by atoms with Crippen molar-refractivity contribution >= 4 is 28.9 Å². The normalized spacial score (nSPS) is 10.2. The van der Waals surface area contributed by atoms with E-state index in [0.717, 1.165) is 0 Å². The van der Waals surface area contributed by atoms with Gasteiger partial charge in [0.05, 0.1) is 23.1 Å². The van der Waals surface area contributed by atoms with E-state index in [1.54, 1.807) is 25.2 Å². The Morgan fingerprint density at radius 2 is 2.29 bits per heavy atom. The molecule has 0 spiro atoms. The lowest BCUT2D eigenvalue weighted by molar-refractivity contribution is 0.0993. The molecular formula is C11H11ClN4O. The van der Waals surface area contributed by atoms with Crippen LogP contribution < -0.4 is 10.6 Å². The van der Waals surface area contributed by atoms with Gasteiger partial charge < -0.3 is 10.6 Å². The lowest BCUT2D eigenvalue weighted by Crippen LogP contribution is -2.26. The molecule has 6 heteroatoms. The van der Waals surface area contributed by atoms with Crippen molar-refractivity contribution in [3.63, 3.8) is 0 Å². The predicted molar refractivity (Wildman–Crippen MR) is 67.2 cm³/mol. The Hall–Kier alpha value is -2.01. The molecule has 0 aliphatic rings. The maximum Gasteiger partial charge on any atom is 0.261 e. The molecule has 0 aliphatic heterocycles. The van der Waals surface area contributed by atoms with Crippen molar-refractivity contribution in [1.29, 1.82) is 0 Å². The molecule has 0 unspecified atom stereocenters. The van der Waals surface area contributed by atoms with Gasteiger partial charge in [0, 0.05) is 18.3 Å². The molecular weight excluding hydrogens is 240 g/mol. The number of nitrogens with zero attached hydrogens (tertiary/aromatic N) is 2. The number of carbonyl (C=O) groups is 1. The van der Waals surface area contributed by atoms with Gasteiger partial charge in [-0.15, -0.1) is 0 Å². The maximum absolute atomic E-state index is 12.0. The summed E-state index contributed by atoms with van der Waals surface area (Å²) in [7, 11) is 1.64. The second-order valence-electron chi connectivity index (χ2n) is 3.55. The molecule has 1 amide bonds. The van der Waals surface area contributed by atoms with Crippen LogP contribution in [0.25, 0.3) is 0 Å². The highest BCUT2D eigenvalue weighted by molar-refractivity contribution is 6.31. The first-order valence-electron chi connectivity index (χ1n) is 4.91. The molecule has 2 rings (SSSR count). The molecule has 0 bridgehead atoms. The fourth-order valence-electron chi connectivity index (χ4n) is 1.48. The number of rotatable bonds is 2. The van der Waals surface area contributed by atoms with Gasteiger partial charge in [-0.05, 0) is 18.2 Å².